The molecular formula is C33H56I. The normalized spacial score (nSPS) is 40.4. The Hall–Kier alpha value is 0.470. The molecule has 4 rings (SSSR count). The summed E-state index contributed by atoms with van der Waals surface area (Å²) in [4.78, 5) is 0. The second kappa shape index (κ2) is 11.9. The summed E-state index contributed by atoms with van der Waals surface area (Å²) in [5.74, 6) is 6.61. The molecule has 0 N–H and O–H groups in total. The molecule has 0 saturated heterocycles. The molecule has 3 fully saturated rings. The summed E-state index contributed by atoms with van der Waals surface area (Å²) in [6.07, 6.45) is 27.3. The summed E-state index contributed by atoms with van der Waals surface area (Å²) in [5, 5.41) is 0. The molecule has 4 aliphatic rings. The number of alkyl halides is 1. The Balaban J connectivity index is 1.37. The highest BCUT2D eigenvalue weighted by atomic mass is 127. The third kappa shape index (κ3) is 5.65. The van der Waals surface area contributed by atoms with Gasteiger partial charge >= 0.3 is 0 Å². The minimum Gasteiger partial charge on any atom is -0.0864 e. The smallest absolute Gasteiger partial charge is 0.000473 e. The van der Waals surface area contributed by atoms with Gasteiger partial charge in [-0.2, -0.15) is 0 Å². The van der Waals surface area contributed by atoms with Crippen LogP contribution in [0.5, 0.6) is 0 Å². The van der Waals surface area contributed by atoms with Crippen molar-refractivity contribution < 1.29 is 0 Å². The van der Waals surface area contributed by atoms with Crippen LogP contribution in [0.1, 0.15) is 131 Å². The Bertz CT molecular complexity index is 678. The summed E-state index contributed by atoms with van der Waals surface area (Å²) in [5.41, 5.74) is 3.04. The van der Waals surface area contributed by atoms with E-state index in [2.05, 4.69) is 69.7 Å². The molecule has 0 aliphatic heterocycles. The fourth-order valence-electron chi connectivity index (χ4n) is 9.68. The number of hydrogen-bond donors (Lipinski definition) is 0. The highest BCUT2D eigenvalue weighted by molar-refractivity contribution is 14.1. The molecule has 1 radical (unpaired) electrons. The molecule has 34 heavy (non-hydrogen) atoms. The van der Waals surface area contributed by atoms with Crippen molar-refractivity contribution in [2.75, 3.05) is 4.43 Å². The van der Waals surface area contributed by atoms with Crippen molar-refractivity contribution in [2.45, 2.75) is 131 Å². The summed E-state index contributed by atoms with van der Waals surface area (Å²) >= 11 is 2.52. The fourth-order valence-corrected chi connectivity index (χ4v) is 10.2. The lowest BCUT2D eigenvalue weighted by atomic mass is 9.46. The Labute approximate surface area is 227 Å². The molecule has 0 spiro atoms. The molecular weight excluding hydrogens is 523 g/mol. The van der Waals surface area contributed by atoms with Crippen LogP contribution in [0.4, 0.5) is 0 Å². The van der Waals surface area contributed by atoms with E-state index >= 15 is 0 Å². The molecule has 195 valence electrons. The van der Waals surface area contributed by atoms with Gasteiger partial charge < -0.3 is 0 Å². The van der Waals surface area contributed by atoms with Gasteiger partial charge in [0.05, 0.1) is 0 Å². The first kappa shape index (κ1) is 27.5. The van der Waals surface area contributed by atoms with Gasteiger partial charge in [-0.05, 0) is 127 Å². The van der Waals surface area contributed by atoms with Crippen LogP contribution in [0.25, 0.3) is 0 Å². The predicted molar refractivity (Wildman–Crippen MR) is 158 cm³/mol. The first-order valence-corrected chi connectivity index (χ1v) is 16.9. The van der Waals surface area contributed by atoms with Crippen LogP contribution in [0.2, 0.25) is 0 Å². The minimum atomic E-state index is 0.525. The van der Waals surface area contributed by atoms with Crippen molar-refractivity contribution in [3.8, 4) is 0 Å². The largest absolute Gasteiger partial charge is 0.0864 e. The van der Waals surface area contributed by atoms with E-state index in [0.717, 1.165) is 41.4 Å². The molecule has 3 unspecified atom stereocenters. The minimum absolute atomic E-state index is 0.525. The monoisotopic (exact) mass is 579 g/mol. The maximum Gasteiger partial charge on any atom is -0.000473 e. The van der Waals surface area contributed by atoms with E-state index in [4.69, 9.17) is 0 Å². The Morgan fingerprint density at radius 2 is 1.76 bits per heavy atom. The first-order valence-electron chi connectivity index (χ1n) is 15.4. The highest BCUT2D eigenvalue weighted by Gasteiger charge is 2.59. The van der Waals surface area contributed by atoms with E-state index in [9.17, 15) is 0 Å². The molecule has 0 bridgehead atoms. The average molecular weight is 580 g/mol. The van der Waals surface area contributed by atoms with Crippen LogP contribution in [0, 0.1) is 58.7 Å². The van der Waals surface area contributed by atoms with Crippen LogP contribution in [0.3, 0.4) is 0 Å². The molecule has 1 heteroatoms. The third-order valence-corrected chi connectivity index (χ3v) is 12.4. The summed E-state index contributed by atoms with van der Waals surface area (Å²) in [6.45, 7) is 12.8. The molecule has 0 amide bonds. The lowest BCUT2D eigenvalue weighted by Crippen LogP contribution is -2.50. The van der Waals surface area contributed by atoms with E-state index in [1.165, 1.54) is 101 Å². The summed E-state index contributed by atoms with van der Waals surface area (Å²) in [7, 11) is 0. The molecule has 4 aliphatic carbocycles. The van der Waals surface area contributed by atoms with Crippen LogP contribution in [-0.2, 0) is 0 Å². The number of fused-ring (bicyclic) bond motifs is 5. The lowest BCUT2D eigenvalue weighted by molar-refractivity contribution is -0.0520. The number of unbranched alkanes of at least 4 members (excludes halogenated alkanes) is 3. The van der Waals surface area contributed by atoms with Gasteiger partial charge in [0.1, 0.15) is 0 Å². The number of hydrogen-bond acceptors (Lipinski definition) is 0. The van der Waals surface area contributed by atoms with Crippen LogP contribution < -0.4 is 0 Å². The van der Waals surface area contributed by atoms with Gasteiger partial charge in [0.25, 0.3) is 0 Å². The van der Waals surface area contributed by atoms with Crippen molar-refractivity contribution in [3.05, 3.63) is 18.1 Å². The molecule has 3 saturated carbocycles. The first-order chi connectivity index (χ1) is 16.3. The summed E-state index contributed by atoms with van der Waals surface area (Å²) < 4.78 is 1.33. The molecule has 8 atom stereocenters. The van der Waals surface area contributed by atoms with E-state index in [-0.39, 0.29) is 0 Å². The maximum absolute atomic E-state index is 2.79. The Morgan fingerprint density at radius 3 is 2.53 bits per heavy atom. The van der Waals surface area contributed by atoms with Crippen molar-refractivity contribution in [1.29, 1.82) is 0 Å². The van der Waals surface area contributed by atoms with Crippen LogP contribution >= 0.6 is 22.6 Å². The maximum atomic E-state index is 2.79. The number of rotatable bonds is 11. The van der Waals surface area contributed by atoms with Crippen LogP contribution in [0.15, 0.2) is 11.6 Å². The van der Waals surface area contributed by atoms with Gasteiger partial charge in [-0.3, -0.25) is 0 Å². The topological polar surface area (TPSA) is 0 Å². The van der Waals surface area contributed by atoms with Crippen LogP contribution in [-0.4, -0.2) is 4.43 Å². The zero-order chi connectivity index (χ0) is 24.3. The molecule has 0 heterocycles. The van der Waals surface area contributed by atoms with Gasteiger partial charge in [-0.15, -0.1) is 0 Å². The quantitative estimate of drug-likeness (QED) is 0.0989. The molecule has 0 nitrogen and oxygen atoms in total. The second-order valence-electron chi connectivity index (χ2n) is 14.1. The zero-order valence-electron chi connectivity index (χ0n) is 23.4. The van der Waals surface area contributed by atoms with E-state index < -0.39 is 0 Å². The predicted octanol–water partition coefficient (Wildman–Crippen LogP) is 10.8. The highest BCUT2D eigenvalue weighted by Crippen LogP contribution is 2.67. The van der Waals surface area contributed by atoms with Crippen molar-refractivity contribution >= 4 is 22.6 Å². The Morgan fingerprint density at radius 1 is 0.941 bits per heavy atom. The van der Waals surface area contributed by atoms with Gasteiger partial charge in [0.15, 0.2) is 0 Å². The summed E-state index contributed by atoms with van der Waals surface area (Å²) in [6, 6.07) is 0. The van der Waals surface area contributed by atoms with E-state index in [1.807, 2.05) is 5.57 Å². The van der Waals surface area contributed by atoms with Gasteiger partial charge in [-0.1, -0.05) is 101 Å². The van der Waals surface area contributed by atoms with Crippen molar-refractivity contribution in [3.63, 3.8) is 0 Å². The molecule has 0 aromatic heterocycles. The van der Waals surface area contributed by atoms with Gasteiger partial charge in [-0.25, -0.2) is 0 Å². The van der Waals surface area contributed by atoms with Crippen molar-refractivity contribution in [2.24, 2.45) is 52.3 Å². The molecule has 0 aromatic carbocycles. The fraction of sp³-hybridized carbons (Fsp3) is 0.909. The van der Waals surface area contributed by atoms with E-state index in [1.54, 1.807) is 0 Å². The van der Waals surface area contributed by atoms with E-state index in [0.29, 0.717) is 10.8 Å². The van der Waals surface area contributed by atoms with Gasteiger partial charge in [0, 0.05) is 0 Å². The lowest BCUT2D eigenvalue weighted by Gasteiger charge is -2.58. The standard InChI is InChI=1S/C33H56I/c1-24(2)11-10-12-25(3)29-16-17-30-28-15-14-27-23-26(13-8-6-7-9-22-34)18-20-32(27,4)31(28)19-21-33(29,30)5/h13-14,24-26,28-31H,6-12,15-23H2,1-5H3/t25-,26+,28?,29-,30?,31?,32+,33-/m1/s1. The molecule has 0 aromatic rings. The Kier molecular flexibility index (Phi) is 9.62. The second-order valence-corrected chi connectivity index (χ2v) is 15.1. The van der Waals surface area contributed by atoms with Crippen molar-refractivity contribution in [1.82, 2.24) is 0 Å². The van der Waals surface area contributed by atoms with Gasteiger partial charge in [0.2, 0.25) is 0 Å². The number of halogens is 1. The number of allylic oxidation sites excluding steroid dienone is 2. The SMILES string of the molecule is CC(C)CCC[C@@H](C)[C@H]1CCC2C3CC=C4C[C@@H]([CH]CCCCCI)CC[C@]4(C)C3CC[C@@]21C. The third-order valence-electron chi connectivity index (χ3n) is 11.7. The average Bonchev–Trinajstić information content (AvgIpc) is 3.16. The zero-order valence-corrected chi connectivity index (χ0v) is 25.5.